The summed E-state index contributed by atoms with van der Waals surface area (Å²) in [6.45, 7) is 0. The Labute approximate surface area is 97.2 Å². The van der Waals surface area contributed by atoms with Crippen LogP contribution in [0.1, 0.15) is 11.1 Å². The molecule has 0 amide bonds. The van der Waals surface area contributed by atoms with E-state index in [1.54, 1.807) is 12.1 Å². The van der Waals surface area contributed by atoms with Gasteiger partial charge in [-0.05, 0) is 12.1 Å². The van der Waals surface area contributed by atoms with Gasteiger partial charge in [0.15, 0.2) is 6.10 Å². The van der Waals surface area contributed by atoms with Crippen LogP contribution in [0.25, 0.3) is 10.4 Å². The van der Waals surface area contributed by atoms with Crippen molar-refractivity contribution in [3.8, 4) is 0 Å². The molecule has 0 saturated carbocycles. The summed E-state index contributed by atoms with van der Waals surface area (Å²) < 4.78 is 33.2. The van der Waals surface area contributed by atoms with Crippen molar-refractivity contribution in [2.24, 2.45) is 0 Å². The van der Waals surface area contributed by atoms with Gasteiger partial charge in [-0.2, -0.15) is 4.79 Å². The van der Waals surface area contributed by atoms with E-state index in [-0.39, 0.29) is 16.8 Å². The normalized spacial score (nSPS) is 19.3. The smallest absolute Gasteiger partial charge is 0.331 e. The zero-order valence-corrected chi connectivity index (χ0v) is 9.26. The SMILES string of the molecule is [N-]=[N+]=C1c2ccccc2C(S(=O)(=O)[O-])=CC1O. The molecule has 1 unspecified atom stereocenters. The number of benzene rings is 1. The summed E-state index contributed by atoms with van der Waals surface area (Å²) in [5.41, 5.74) is 9.03. The van der Waals surface area contributed by atoms with Crippen molar-refractivity contribution in [2.75, 3.05) is 0 Å². The van der Waals surface area contributed by atoms with Crippen molar-refractivity contribution in [1.82, 2.24) is 0 Å². The molecule has 0 aliphatic heterocycles. The standard InChI is InChI=1S/C10H8N2O4S/c11-12-10-7-4-2-1-3-6(7)9(5-8(10)13)17(14,15)16/h1-5,8,13H,(H,14,15,16)/p-1. The van der Waals surface area contributed by atoms with Crippen LogP contribution in [-0.4, -0.2) is 34.7 Å². The molecular formula is C10H7N2O4S-. The Morgan fingerprint density at radius 1 is 1.29 bits per heavy atom. The molecule has 7 heteroatoms. The van der Waals surface area contributed by atoms with E-state index in [4.69, 9.17) is 5.53 Å². The van der Waals surface area contributed by atoms with Gasteiger partial charge >= 0.3 is 5.71 Å². The highest BCUT2D eigenvalue weighted by Gasteiger charge is 2.32. The summed E-state index contributed by atoms with van der Waals surface area (Å²) in [7, 11) is -4.69. The predicted octanol–water partition coefficient (Wildman–Crippen LogP) is -0.0339. The fourth-order valence-electron chi connectivity index (χ4n) is 1.72. The second-order valence-electron chi connectivity index (χ2n) is 3.46. The Bertz CT molecular complexity index is 657. The van der Waals surface area contributed by atoms with Gasteiger partial charge in [-0.3, -0.25) is 0 Å². The van der Waals surface area contributed by atoms with E-state index in [9.17, 15) is 18.1 Å². The number of aliphatic hydroxyl groups is 1. The minimum atomic E-state index is -4.69. The van der Waals surface area contributed by atoms with Gasteiger partial charge < -0.3 is 15.2 Å². The lowest BCUT2D eigenvalue weighted by Gasteiger charge is -2.19. The van der Waals surface area contributed by atoms with Crippen LogP contribution in [0.3, 0.4) is 0 Å². The molecule has 1 N–H and O–H groups in total. The van der Waals surface area contributed by atoms with E-state index in [0.717, 1.165) is 6.08 Å². The number of hydrogen-bond acceptors (Lipinski definition) is 4. The average Bonchev–Trinajstić information content (AvgIpc) is 2.27. The van der Waals surface area contributed by atoms with E-state index in [0.29, 0.717) is 0 Å². The largest absolute Gasteiger partial charge is 0.744 e. The summed E-state index contributed by atoms with van der Waals surface area (Å²) in [5, 5.41) is 9.58. The van der Waals surface area contributed by atoms with Crippen LogP contribution in [0.15, 0.2) is 30.3 Å². The van der Waals surface area contributed by atoms with Crippen LogP contribution in [0.4, 0.5) is 0 Å². The van der Waals surface area contributed by atoms with E-state index in [1.165, 1.54) is 12.1 Å². The molecular weight excluding hydrogens is 244 g/mol. The van der Waals surface area contributed by atoms with Gasteiger partial charge in [0.1, 0.15) is 10.1 Å². The van der Waals surface area contributed by atoms with E-state index in [2.05, 4.69) is 4.79 Å². The van der Waals surface area contributed by atoms with Crippen LogP contribution < -0.4 is 0 Å². The molecule has 0 radical (unpaired) electrons. The molecule has 0 bridgehead atoms. The van der Waals surface area contributed by atoms with Gasteiger partial charge in [0, 0.05) is 5.56 Å². The van der Waals surface area contributed by atoms with Crippen LogP contribution >= 0.6 is 0 Å². The lowest BCUT2D eigenvalue weighted by Crippen LogP contribution is -2.27. The molecule has 1 aliphatic rings. The van der Waals surface area contributed by atoms with E-state index in [1.807, 2.05) is 0 Å². The van der Waals surface area contributed by atoms with Gasteiger partial charge in [0.25, 0.3) is 0 Å². The van der Waals surface area contributed by atoms with Crippen molar-refractivity contribution in [2.45, 2.75) is 6.10 Å². The zero-order valence-electron chi connectivity index (χ0n) is 8.44. The minimum absolute atomic E-state index is 0.0898. The molecule has 0 aromatic heterocycles. The zero-order chi connectivity index (χ0) is 12.6. The molecule has 17 heavy (non-hydrogen) atoms. The van der Waals surface area contributed by atoms with Crippen molar-refractivity contribution >= 4 is 20.7 Å². The third-order valence-electron chi connectivity index (χ3n) is 2.43. The number of aliphatic hydroxyl groups excluding tert-OH is 1. The maximum Gasteiger partial charge on any atom is 0.331 e. The van der Waals surface area contributed by atoms with E-state index >= 15 is 0 Å². The highest BCUT2D eigenvalue weighted by Crippen LogP contribution is 2.29. The number of rotatable bonds is 1. The summed E-state index contributed by atoms with van der Waals surface area (Å²) >= 11 is 0. The number of hydrogen-bond donors (Lipinski definition) is 1. The molecule has 1 aliphatic carbocycles. The Hall–Kier alpha value is -1.79. The first-order chi connectivity index (χ1) is 7.95. The third-order valence-corrected chi connectivity index (χ3v) is 3.33. The maximum absolute atomic E-state index is 11.1. The Balaban J connectivity index is 2.80. The molecule has 0 heterocycles. The Morgan fingerprint density at radius 3 is 2.41 bits per heavy atom. The fraction of sp³-hybridized carbons (Fsp3) is 0.100. The van der Waals surface area contributed by atoms with Crippen molar-refractivity contribution < 1.29 is 22.9 Å². The van der Waals surface area contributed by atoms with Crippen LogP contribution in [0.2, 0.25) is 0 Å². The summed E-state index contributed by atoms with van der Waals surface area (Å²) in [4.78, 5) is 2.41. The molecule has 88 valence electrons. The Morgan fingerprint density at radius 2 is 1.88 bits per heavy atom. The highest BCUT2D eigenvalue weighted by atomic mass is 32.2. The predicted molar refractivity (Wildman–Crippen MR) is 57.9 cm³/mol. The molecule has 1 aromatic rings. The lowest BCUT2D eigenvalue weighted by molar-refractivity contribution is -0.0158. The van der Waals surface area contributed by atoms with Crippen molar-refractivity contribution in [1.29, 1.82) is 0 Å². The summed E-state index contributed by atoms with van der Waals surface area (Å²) in [6.07, 6.45) is -0.562. The fourth-order valence-corrected chi connectivity index (χ4v) is 2.47. The monoisotopic (exact) mass is 251 g/mol. The van der Waals surface area contributed by atoms with Gasteiger partial charge in [-0.1, -0.05) is 18.2 Å². The molecule has 1 atom stereocenters. The molecule has 2 rings (SSSR count). The second-order valence-corrected chi connectivity index (χ2v) is 4.81. The summed E-state index contributed by atoms with van der Waals surface area (Å²) in [6, 6.07) is 6.00. The third kappa shape index (κ3) is 1.92. The minimum Gasteiger partial charge on any atom is -0.744 e. The van der Waals surface area contributed by atoms with Gasteiger partial charge in [-0.15, -0.1) is 0 Å². The second kappa shape index (κ2) is 3.90. The highest BCUT2D eigenvalue weighted by molar-refractivity contribution is 7.95. The van der Waals surface area contributed by atoms with Crippen LogP contribution in [0, 0.1) is 0 Å². The lowest BCUT2D eigenvalue weighted by atomic mass is 9.93. The van der Waals surface area contributed by atoms with E-state index < -0.39 is 21.1 Å². The maximum atomic E-state index is 11.1. The molecule has 6 nitrogen and oxygen atoms in total. The van der Waals surface area contributed by atoms with Gasteiger partial charge in [-0.25, -0.2) is 8.42 Å². The van der Waals surface area contributed by atoms with Gasteiger partial charge in [0.2, 0.25) is 0 Å². The number of fused-ring (bicyclic) bond motifs is 1. The molecule has 0 spiro atoms. The van der Waals surface area contributed by atoms with Crippen LogP contribution in [0.5, 0.6) is 0 Å². The van der Waals surface area contributed by atoms with Crippen molar-refractivity contribution in [3.05, 3.63) is 47.0 Å². The molecule has 0 fully saturated rings. The van der Waals surface area contributed by atoms with Crippen molar-refractivity contribution in [3.63, 3.8) is 0 Å². The quantitative estimate of drug-likeness (QED) is 0.428. The topological polar surface area (TPSA) is 114 Å². The average molecular weight is 251 g/mol. The Kier molecular flexibility index (Phi) is 2.68. The van der Waals surface area contributed by atoms with Crippen LogP contribution in [-0.2, 0) is 10.1 Å². The summed E-state index contributed by atoms with van der Waals surface area (Å²) in [5.74, 6) is 0. The first-order valence-corrected chi connectivity index (χ1v) is 6.03. The van der Waals surface area contributed by atoms with Gasteiger partial charge in [0.05, 0.1) is 10.5 Å². The molecule has 0 saturated heterocycles. The molecule has 1 aromatic carbocycles. The first kappa shape index (κ1) is 11.7. The first-order valence-electron chi connectivity index (χ1n) is 4.62. The number of nitrogens with zero attached hydrogens (tertiary/aromatic N) is 2.